The molecular weight excluding hydrogens is 214 g/mol. The van der Waals surface area contributed by atoms with E-state index in [0.29, 0.717) is 0 Å². The van der Waals surface area contributed by atoms with Crippen molar-refractivity contribution in [2.75, 3.05) is 11.9 Å². The molecule has 1 aromatic carbocycles. The molecule has 0 aromatic heterocycles. The number of hydrogen-bond acceptors (Lipinski definition) is 2. The molecule has 0 heterocycles. The third-order valence-electron chi connectivity index (χ3n) is 2.56. The molecule has 3 heteroatoms. The molecule has 3 nitrogen and oxygen atoms in total. The summed E-state index contributed by atoms with van der Waals surface area (Å²) in [6.45, 7) is 10.2. The molecule has 0 atom stereocenters. The summed E-state index contributed by atoms with van der Waals surface area (Å²) in [6, 6.07) is 8.00. The van der Waals surface area contributed by atoms with Crippen molar-refractivity contribution in [1.82, 2.24) is 0 Å². The average molecular weight is 233 g/mol. The average Bonchev–Trinajstić information content (AvgIpc) is 2.25. The van der Waals surface area contributed by atoms with Gasteiger partial charge >= 0.3 is 5.97 Å². The van der Waals surface area contributed by atoms with Gasteiger partial charge in [0.05, 0.1) is 0 Å². The molecule has 92 valence electrons. The fourth-order valence-corrected chi connectivity index (χ4v) is 1.37. The number of carboxylic acid groups (broad SMARTS) is 1. The molecule has 0 unspecified atom stereocenters. The second kappa shape index (κ2) is 5.04. The van der Waals surface area contributed by atoms with Crippen LogP contribution in [-0.2, 0) is 10.2 Å². The van der Waals surface area contributed by atoms with E-state index in [1.165, 1.54) is 5.56 Å². The van der Waals surface area contributed by atoms with E-state index in [1.807, 2.05) is 24.3 Å². The van der Waals surface area contributed by atoms with Gasteiger partial charge in [0.15, 0.2) is 0 Å². The lowest BCUT2D eigenvalue weighted by molar-refractivity contribution is -0.132. The molecule has 17 heavy (non-hydrogen) atoms. The highest BCUT2D eigenvalue weighted by atomic mass is 16.4. The molecular formula is C14H19NO2. The minimum atomic E-state index is -0.969. The van der Waals surface area contributed by atoms with Crippen LogP contribution in [-0.4, -0.2) is 17.6 Å². The van der Waals surface area contributed by atoms with Gasteiger partial charge in [-0.15, -0.1) is 0 Å². The Labute approximate surface area is 102 Å². The van der Waals surface area contributed by atoms with Crippen LogP contribution >= 0.6 is 0 Å². The quantitative estimate of drug-likeness (QED) is 0.786. The van der Waals surface area contributed by atoms with Crippen LogP contribution in [0.5, 0.6) is 0 Å². The van der Waals surface area contributed by atoms with E-state index in [9.17, 15) is 4.79 Å². The van der Waals surface area contributed by atoms with Gasteiger partial charge in [0.25, 0.3) is 0 Å². The first-order valence-corrected chi connectivity index (χ1v) is 5.56. The first kappa shape index (κ1) is 13.3. The van der Waals surface area contributed by atoms with Crippen LogP contribution in [0.3, 0.4) is 0 Å². The highest BCUT2D eigenvalue weighted by molar-refractivity contribution is 5.86. The largest absolute Gasteiger partial charge is 0.478 e. The molecule has 0 aliphatic heterocycles. The topological polar surface area (TPSA) is 49.3 Å². The molecule has 1 rings (SSSR count). The number of aliphatic carboxylic acids is 1. The smallest absolute Gasteiger partial charge is 0.332 e. The van der Waals surface area contributed by atoms with Crippen molar-refractivity contribution < 1.29 is 9.90 Å². The van der Waals surface area contributed by atoms with Gasteiger partial charge in [-0.3, -0.25) is 0 Å². The summed E-state index contributed by atoms with van der Waals surface area (Å²) >= 11 is 0. The van der Waals surface area contributed by atoms with Gasteiger partial charge in [-0.1, -0.05) is 39.5 Å². The van der Waals surface area contributed by atoms with Crippen molar-refractivity contribution in [1.29, 1.82) is 0 Å². The van der Waals surface area contributed by atoms with Crippen LogP contribution in [0.1, 0.15) is 26.3 Å². The van der Waals surface area contributed by atoms with Crippen molar-refractivity contribution in [2.24, 2.45) is 0 Å². The number of hydrogen-bond donors (Lipinski definition) is 2. The molecule has 2 N–H and O–H groups in total. The van der Waals surface area contributed by atoms with Gasteiger partial charge in [-0.05, 0) is 23.1 Å². The van der Waals surface area contributed by atoms with Gasteiger partial charge in [0, 0.05) is 17.8 Å². The minimum absolute atomic E-state index is 0.128. The van der Waals surface area contributed by atoms with Crippen molar-refractivity contribution in [2.45, 2.75) is 26.2 Å². The Kier molecular flexibility index (Phi) is 3.94. The number of nitrogens with one attached hydrogen (secondary N) is 1. The SMILES string of the molecule is C=C(CNc1ccc(C(C)(C)C)cc1)C(=O)O. The van der Waals surface area contributed by atoms with Crippen molar-refractivity contribution in [3.63, 3.8) is 0 Å². The Morgan fingerprint density at radius 2 is 1.82 bits per heavy atom. The van der Waals surface area contributed by atoms with Crippen LogP contribution in [0.15, 0.2) is 36.4 Å². The lowest BCUT2D eigenvalue weighted by atomic mass is 9.87. The second-order valence-corrected chi connectivity index (χ2v) is 5.09. The van der Waals surface area contributed by atoms with Crippen LogP contribution < -0.4 is 5.32 Å². The summed E-state index contributed by atoms with van der Waals surface area (Å²) in [5, 5.41) is 11.7. The minimum Gasteiger partial charge on any atom is -0.478 e. The summed E-state index contributed by atoms with van der Waals surface area (Å²) in [5.41, 5.74) is 2.44. The fraction of sp³-hybridized carbons (Fsp3) is 0.357. The zero-order chi connectivity index (χ0) is 13.1. The van der Waals surface area contributed by atoms with E-state index in [1.54, 1.807) is 0 Å². The van der Waals surface area contributed by atoms with Gasteiger partial charge in [-0.25, -0.2) is 4.79 Å². The number of rotatable bonds is 4. The third-order valence-corrected chi connectivity index (χ3v) is 2.56. The zero-order valence-electron chi connectivity index (χ0n) is 10.6. The number of anilines is 1. The van der Waals surface area contributed by atoms with E-state index in [-0.39, 0.29) is 17.5 Å². The monoisotopic (exact) mass is 233 g/mol. The number of benzene rings is 1. The number of carboxylic acids is 1. The Morgan fingerprint density at radius 1 is 1.29 bits per heavy atom. The Morgan fingerprint density at radius 3 is 2.24 bits per heavy atom. The highest BCUT2D eigenvalue weighted by Gasteiger charge is 2.12. The molecule has 0 aliphatic rings. The summed E-state index contributed by atoms with van der Waals surface area (Å²) in [7, 11) is 0. The summed E-state index contributed by atoms with van der Waals surface area (Å²) < 4.78 is 0. The molecule has 0 aliphatic carbocycles. The lowest BCUT2D eigenvalue weighted by Crippen LogP contribution is -2.12. The predicted molar refractivity (Wildman–Crippen MR) is 70.4 cm³/mol. The lowest BCUT2D eigenvalue weighted by Gasteiger charge is -2.19. The predicted octanol–water partition coefficient (Wildman–Crippen LogP) is 3.04. The first-order valence-electron chi connectivity index (χ1n) is 5.56. The Bertz CT molecular complexity index is 413. The van der Waals surface area contributed by atoms with Crippen LogP contribution in [0, 0.1) is 0 Å². The van der Waals surface area contributed by atoms with Gasteiger partial charge in [-0.2, -0.15) is 0 Å². The Balaban J connectivity index is 2.63. The fourth-order valence-electron chi connectivity index (χ4n) is 1.37. The van der Waals surface area contributed by atoms with E-state index in [4.69, 9.17) is 5.11 Å². The van der Waals surface area contributed by atoms with E-state index < -0.39 is 5.97 Å². The van der Waals surface area contributed by atoms with Crippen molar-refractivity contribution in [3.05, 3.63) is 42.0 Å². The van der Waals surface area contributed by atoms with Crippen molar-refractivity contribution in [3.8, 4) is 0 Å². The molecule has 0 fully saturated rings. The van der Waals surface area contributed by atoms with Crippen LogP contribution in [0.25, 0.3) is 0 Å². The normalized spacial score (nSPS) is 11.0. The molecule has 0 bridgehead atoms. The molecule has 0 radical (unpaired) electrons. The highest BCUT2D eigenvalue weighted by Crippen LogP contribution is 2.23. The van der Waals surface area contributed by atoms with Gasteiger partial charge < -0.3 is 10.4 Å². The summed E-state index contributed by atoms with van der Waals surface area (Å²) in [6.07, 6.45) is 0. The van der Waals surface area contributed by atoms with Crippen molar-refractivity contribution >= 4 is 11.7 Å². The molecule has 0 saturated heterocycles. The Hall–Kier alpha value is -1.77. The standard InChI is InChI=1S/C14H19NO2/c1-10(13(16)17)9-15-12-7-5-11(6-8-12)14(2,3)4/h5-8,15H,1,9H2,2-4H3,(H,16,17). The van der Waals surface area contributed by atoms with E-state index >= 15 is 0 Å². The van der Waals surface area contributed by atoms with Crippen LogP contribution in [0.2, 0.25) is 0 Å². The molecule has 0 spiro atoms. The number of carbonyl (C=O) groups is 1. The summed E-state index contributed by atoms with van der Waals surface area (Å²) in [4.78, 5) is 10.6. The molecule has 1 aromatic rings. The molecule has 0 amide bonds. The van der Waals surface area contributed by atoms with Gasteiger partial charge in [0.1, 0.15) is 0 Å². The maximum absolute atomic E-state index is 10.6. The van der Waals surface area contributed by atoms with E-state index in [0.717, 1.165) is 5.69 Å². The van der Waals surface area contributed by atoms with Crippen LogP contribution in [0.4, 0.5) is 5.69 Å². The van der Waals surface area contributed by atoms with E-state index in [2.05, 4.69) is 32.7 Å². The maximum atomic E-state index is 10.6. The third kappa shape index (κ3) is 3.94. The van der Waals surface area contributed by atoms with Gasteiger partial charge in [0.2, 0.25) is 0 Å². The second-order valence-electron chi connectivity index (χ2n) is 5.09. The summed E-state index contributed by atoms with van der Waals surface area (Å²) in [5.74, 6) is -0.969. The maximum Gasteiger partial charge on any atom is 0.332 e. The first-order chi connectivity index (χ1) is 7.80. The molecule has 0 saturated carbocycles. The zero-order valence-corrected chi connectivity index (χ0v) is 10.6.